The zero-order valence-corrected chi connectivity index (χ0v) is 18.2. The van der Waals surface area contributed by atoms with Gasteiger partial charge in [0.1, 0.15) is 17.7 Å². The molecule has 0 amide bonds. The highest BCUT2D eigenvalue weighted by atomic mass is 31.2. The van der Waals surface area contributed by atoms with Crippen LogP contribution in [0, 0.1) is 0 Å². The molecule has 1 aliphatic rings. The molecule has 5 atom stereocenters. The molecule has 0 radical (unpaired) electrons. The van der Waals surface area contributed by atoms with E-state index < -0.39 is 62.9 Å². The Bertz CT molecular complexity index is 997. The lowest BCUT2D eigenvalue weighted by Gasteiger charge is -2.25. The first kappa shape index (κ1) is 24.8. The van der Waals surface area contributed by atoms with E-state index in [1.807, 2.05) is 4.98 Å². The molecule has 0 spiro atoms. The molecule has 3 unspecified atom stereocenters. The number of aliphatic imine (C=N–C) groups is 1. The molecule has 1 aromatic rings. The van der Waals surface area contributed by atoms with Crippen molar-refractivity contribution in [1.82, 2.24) is 9.55 Å². The summed E-state index contributed by atoms with van der Waals surface area (Å²) in [7, 11) is -8.23. The fraction of sp³-hybridized carbons (Fsp3) is 0.643. The number of nitrogens with zero attached hydrogens (tertiary/aromatic N) is 2. The zero-order chi connectivity index (χ0) is 22.9. The Morgan fingerprint density at radius 3 is 2.40 bits per heavy atom. The van der Waals surface area contributed by atoms with Crippen molar-refractivity contribution in [2.45, 2.75) is 51.5 Å². The normalized spacial score (nSPS) is 27.4. The molecule has 4 N–H and O–H groups in total. The number of hydrogen-bond acceptors (Lipinski definition) is 9. The van der Waals surface area contributed by atoms with Gasteiger partial charge in [-0.25, -0.2) is 14.4 Å². The van der Waals surface area contributed by atoms with Crippen LogP contribution in [0.15, 0.2) is 26.8 Å². The standard InChI is InChI=1S/C14H23N3O11P2/c1-7(2)27-30(23,24)28-10-11(25-4)13(17-6-5-9(18)16-14(17)19)26-12(10)15-8(3)29(20,21)22/h5-7,10-13H,1-4H3,(H,23,24)(H,16,18,19)(H2,20,21,22)/b15-8+/t10?,11?,12-,13+/m0/s1. The third-order valence-electron chi connectivity index (χ3n) is 3.90. The van der Waals surface area contributed by atoms with Crippen molar-refractivity contribution in [3.8, 4) is 0 Å². The third-order valence-corrected chi connectivity index (χ3v) is 6.05. The quantitative estimate of drug-likeness (QED) is 0.292. The molecule has 2 heterocycles. The Morgan fingerprint density at radius 2 is 1.90 bits per heavy atom. The number of methoxy groups -OCH3 is 1. The molecule has 0 aliphatic carbocycles. The van der Waals surface area contributed by atoms with Gasteiger partial charge >= 0.3 is 21.1 Å². The average Bonchev–Trinajstić information content (AvgIpc) is 2.89. The van der Waals surface area contributed by atoms with Gasteiger partial charge in [-0.3, -0.25) is 28.0 Å². The molecule has 14 nitrogen and oxygen atoms in total. The van der Waals surface area contributed by atoms with Crippen molar-refractivity contribution in [1.29, 1.82) is 0 Å². The summed E-state index contributed by atoms with van der Waals surface area (Å²) < 4.78 is 45.5. The van der Waals surface area contributed by atoms with Crippen molar-refractivity contribution >= 4 is 20.9 Å². The molecule has 16 heteroatoms. The van der Waals surface area contributed by atoms with E-state index in [9.17, 15) is 33.4 Å². The van der Waals surface area contributed by atoms with Gasteiger partial charge in [0.15, 0.2) is 12.5 Å². The predicted octanol–water partition coefficient (Wildman–Crippen LogP) is -0.0868. The Kier molecular flexibility index (Phi) is 7.73. The molecule has 170 valence electrons. The van der Waals surface area contributed by atoms with Gasteiger partial charge in [-0.05, 0) is 20.8 Å². The maximum Gasteiger partial charge on any atom is 0.472 e. The summed E-state index contributed by atoms with van der Waals surface area (Å²) in [6.45, 7) is 4.01. The fourth-order valence-corrected chi connectivity index (χ4v) is 4.02. The van der Waals surface area contributed by atoms with Crippen molar-refractivity contribution in [3.63, 3.8) is 0 Å². The number of ether oxygens (including phenoxy) is 2. The maximum absolute atomic E-state index is 12.3. The molecular weight excluding hydrogens is 448 g/mol. The highest BCUT2D eigenvalue weighted by Gasteiger charge is 2.51. The van der Waals surface area contributed by atoms with Crippen LogP contribution in [-0.4, -0.2) is 61.3 Å². The number of phosphoric acid groups is 1. The van der Waals surface area contributed by atoms with E-state index in [-0.39, 0.29) is 0 Å². The Hall–Kier alpha value is -1.47. The van der Waals surface area contributed by atoms with Gasteiger partial charge < -0.3 is 24.2 Å². The van der Waals surface area contributed by atoms with Crippen LogP contribution in [0.1, 0.15) is 27.0 Å². The maximum atomic E-state index is 12.3. The van der Waals surface area contributed by atoms with E-state index in [0.717, 1.165) is 23.8 Å². The number of H-pyrrole nitrogens is 1. The highest BCUT2D eigenvalue weighted by Crippen LogP contribution is 2.50. The highest BCUT2D eigenvalue weighted by molar-refractivity contribution is 7.70. The predicted molar refractivity (Wildman–Crippen MR) is 102 cm³/mol. The molecule has 2 rings (SSSR count). The minimum atomic E-state index is -4.75. The molecule has 30 heavy (non-hydrogen) atoms. The summed E-state index contributed by atoms with van der Waals surface area (Å²) >= 11 is 0. The van der Waals surface area contributed by atoms with E-state index in [0.29, 0.717) is 0 Å². The van der Waals surface area contributed by atoms with Crippen molar-refractivity contribution in [3.05, 3.63) is 33.1 Å². The Balaban J connectivity index is 2.51. The van der Waals surface area contributed by atoms with Crippen molar-refractivity contribution in [2.75, 3.05) is 7.11 Å². The Labute approximate surface area is 170 Å². The van der Waals surface area contributed by atoms with Crippen LogP contribution in [0.4, 0.5) is 0 Å². The summed E-state index contributed by atoms with van der Waals surface area (Å²) in [6.07, 6.45) is -5.22. The first-order valence-electron chi connectivity index (χ1n) is 8.55. The van der Waals surface area contributed by atoms with Crippen LogP contribution in [-0.2, 0) is 27.7 Å². The summed E-state index contributed by atoms with van der Waals surface area (Å²) in [4.78, 5) is 57.8. The van der Waals surface area contributed by atoms with E-state index in [2.05, 4.69) is 4.99 Å². The largest absolute Gasteiger partial charge is 0.472 e. The van der Waals surface area contributed by atoms with Crippen LogP contribution in [0.5, 0.6) is 0 Å². The lowest BCUT2D eigenvalue weighted by atomic mass is 10.2. The zero-order valence-electron chi connectivity index (χ0n) is 16.4. The third kappa shape index (κ3) is 6.03. The van der Waals surface area contributed by atoms with E-state index in [4.69, 9.17) is 18.5 Å². The van der Waals surface area contributed by atoms with E-state index in [1.165, 1.54) is 21.0 Å². The smallest absolute Gasteiger partial charge is 0.374 e. The fourth-order valence-electron chi connectivity index (χ4n) is 2.64. The molecule has 1 fully saturated rings. The number of aromatic nitrogens is 2. The monoisotopic (exact) mass is 471 g/mol. The first-order valence-corrected chi connectivity index (χ1v) is 11.7. The molecule has 0 bridgehead atoms. The molecule has 0 saturated carbocycles. The summed E-state index contributed by atoms with van der Waals surface area (Å²) in [5, 5.41) is 0. The lowest BCUT2D eigenvalue weighted by molar-refractivity contribution is -0.0528. The average molecular weight is 471 g/mol. The minimum Gasteiger partial charge on any atom is -0.374 e. The molecule has 1 saturated heterocycles. The van der Waals surface area contributed by atoms with Crippen molar-refractivity contribution < 1.29 is 42.3 Å². The van der Waals surface area contributed by atoms with E-state index >= 15 is 0 Å². The topological polar surface area (TPSA) is 199 Å². The van der Waals surface area contributed by atoms with Crippen LogP contribution >= 0.6 is 15.4 Å². The van der Waals surface area contributed by atoms with E-state index in [1.54, 1.807) is 0 Å². The van der Waals surface area contributed by atoms with Gasteiger partial charge in [-0.15, -0.1) is 0 Å². The number of aromatic amines is 1. The van der Waals surface area contributed by atoms with Crippen LogP contribution in [0.25, 0.3) is 0 Å². The first-order chi connectivity index (χ1) is 13.7. The molecule has 1 aromatic heterocycles. The number of hydrogen-bond donors (Lipinski definition) is 4. The van der Waals surface area contributed by atoms with Gasteiger partial charge in [0.2, 0.25) is 0 Å². The van der Waals surface area contributed by atoms with Gasteiger partial charge in [-0.1, -0.05) is 0 Å². The molecular formula is C14H23N3O11P2. The Morgan fingerprint density at radius 1 is 1.27 bits per heavy atom. The minimum absolute atomic E-state index is 0.636. The van der Waals surface area contributed by atoms with Gasteiger partial charge in [-0.2, -0.15) is 0 Å². The lowest BCUT2D eigenvalue weighted by Crippen LogP contribution is -2.39. The second-order valence-electron chi connectivity index (χ2n) is 6.55. The summed E-state index contributed by atoms with van der Waals surface area (Å²) in [6, 6.07) is 1.03. The second kappa shape index (κ2) is 9.35. The van der Waals surface area contributed by atoms with Gasteiger partial charge in [0.25, 0.3) is 5.56 Å². The number of nitrogens with one attached hydrogen (secondary N) is 1. The SMILES string of the molecule is COC1C(OP(=O)(O)OC(C)C)[C@@H](/N=C(\C)P(=O)(O)O)O[C@H]1n1ccc(=O)[nH]c1=O. The van der Waals surface area contributed by atoms with Crippen LogP contribution in [0.2, 0.25) is 0 Å². The summed E-state index contributed by atoms with van der Waals surface area (Å²) in [5.74, 6) is 0. The number of rotatable bonds is 8. The second-order valence-corrected chi connectivity index (χ2v) is 9.64. The van der Waals surface area contributed by atoms with Crippen LogP contribution < -0.4 is 11.2 Å². The van der Waals surface area contributed by atoms with Gasteiger partial charge in [0.05, 0.1) is 6.10 Å². The molecule has 1 aliphatic heterocycles. The van der Waals surface area contributed by atoms with Gasteiger partial charge in [0, 0.05) is 19.4 Å². The molecule has 0 aromatic carbocycles. The van der Waals surface area contributed by atoms with Crippen LogP contribution in [0.3, 0.4) is 0 Å². The number of phosphoric ester groups is 1. The van der Waals surface area contributed by atoms with Crippen molar-refractivity contribution in [2.24, 2.45) is 4.99 Å². The summed E-state index contributed by atoms with van der Waals surface area (Å²) in [5.41, 5.74) is -2.19.